The van der Waals surface area contributed by atoms with Gasteiger partial charge in [-0.15, -0.1) is 0 Å². The molecule has 0 aliphatic heterocycles. The molecule has 0 amide bonds. The van der Waals surface area contributed by atoms with E-state index in [9.17, 15) is 13.2 Å². The smallest absolute Gasteiger partial charge is 0.323 e. The van der Waals surface area contributed by atoms with E-state index in [0.29, 0.717) is 5.02 Å². The first-order valence-corrected chi connectivity index (χ1v) is 7.70. The number of halogens is 1. The molecular weight excluding hydrogens is 306 g/mol. The highest BCUT2D eigenvalue weighted by Gasteiger charge is 2.25. The Kier molecular flexibility index (Phi) is 5.79. The summed E-state index contributed by atoms with van der Waals surface area (Å²) in [5.41, 5.74) is 0. The molecule has 1 N–H and O–H groups in total. The molecule has 1 aromatic rings. The van der Waals surface area contributed by atoms with Crippen LogP contribution in [0.25, 0.3) is 0 Å². The molecule has 0 aliphatic rings. The Morgan fingerprint density at radius 1 is 1.45 bits per heavy atom. The number of carbonyl (C=O) groups excluding carboxylic acids is 1. The van der Waals surface area contributed by atoms with Crippen LogP contribution in [0.5, 0.6) is 5.75 Å². The molecule has 0 aromatic heterocycles. The first kappa shape index (κ1) is 16.7. The second-order valence-corrected chi connectivity index (χ2v) is 6.01. The normalized spacial score (nSPS) is 12.8. The summed E-state index contributed by atoms with van der Waals surface area (Å²) in [5.74, 6) is -0.551. The molecule has 0 saturated heterocycles. The third-order valence-corrected chi connectivity index (χ3v) is 4.20. The van der Waals surface area contributed by atoms with E-state index in [0.717, 1.165) is 0 Å². The van der Waals surface area contributed by atoms with Gasteiger partial charge in [-0.25, -0.2) is 8.42 Å². The maximum atomic E-state index is 12.2. The molecule has 0 spiro atoms. The quantitative estimate of drug-likeness (QED) is 0.804. The van der Waals surface area contributed by atoms with Crippen LogP contribution >= 0.6 is 11.6 Å². The van der Waals surface area contributed by atoms with Gasteiger partial charge in [0.15, 0.2) is 0 Å². The van der Waals surface area contributed by atoms with Crippen LogP contribution in [0.15, 0.2) is 23.1 Å². The number of hydrogen-bond donors (Lipinski definition) is 1. The van der Waals surface area contributed by atoms with E-state index in [1.54, 1.807) is 6.92 Å². The maximum Gasteiger partial charge on any atom is 0.323 e. The highest BCUT2D eigenvalue weighted by molar-refractivity contribution is 7.89. The summed E-state index contributed by atoms with van der Waals surface area (Å²) in [6.45, 7) is 3.22. The van der Waals surface area contributed by atoms with Crippen LogP contribution in [0.3, 0.4) is 0 Å². The molecule has 1 aromatic carbocycles. The van der Waals surface area contributed by atoms with Crippen molar-refractivity contribution in [2.45, 2.75) is 24.8 Å². The minimum atomic E-state index is -3.92. The SMILES string of the molecule is CCOC(=O)C(C)NS(=O)(=O)c1ccc(Cl)cc1OC. The maximum absolute atomic E-state index is 12.2. The van der Waals surface area contributed by atoms with Crippen molar-refractivity contribution in [3.63, 3.8) is 0 Å². The van der Waals surface area contributed by atoms with Crippen molar-refractivity contribution >= 4 is 27.6 Å². The molecular formula is C12H16ClNO5S. The largest absolute Gasteiger partial charge is 0.495 e. The molecule has 0 heterocycles. The number of esters is 1. The van der Waals surface area contributed by atoms with Gasteiger partial charge in [0, 0.05) is 11.1 Å². The lowest BCUT2D eigenvalue weighted by Crippen LogP contribution is -2.39. The fourth-order valence-electron chi connectivity index (χ4n) is 1.48. The molecule has 1 unspecified atom stereocenters. The van der Waals surface area contributed by atoms with E-state index in [4.69, 9.17) is 21.1 Å². The van der Waals surface area contributed by atoms with Crippen molar-refractivity contribution in [2.24, 2.45) is 0 Å². The third kappa shape index (κ3) is 4.09. The Labute approximate surface area is 123 Å². The fraction of sp³-hybridized carbons (Fsp3) is 0.417. The predicted octanol–water partition coefficient (Wildman–Crippen LogP) is 1.58. The van der Waals surface area contributed by atoms with E-state index in [1.165, 1.54) is 32.2 Å². The zero-order valence-electron chi connectivity index (χ0n) is 11.3. The number of rotatable bonds is 6. The Bertz CT molecular complexity index is 588. The van der Waals surface area contributed by atoms with Crippen LogP contribution in [0.2, 0.25) is 5.02 Å². The lowest BCUT2D eigenvalue weighted by molar-refractivity contribution is -0.144. The summed E-state index contributed by atoms with van der Waals surface area (Å²) in [6.07, 6.45) is 0. The van der Waals surface area contributed by atoms with Crippen molar-refractivity contribution in [2.75, 3.05) is 13.7 Å². The molecule has 1 atom stereocenters. The van der Waals surface area contributed by atoms with Gasteiger partial charge in [-0.2, -0.15) is 4.72 Å². The molecule has 0 saturated carbocycles. The van der Waals surface area contributed by atoms with Gasteiger partial charge in [-0.05, 0) is 26.0 Å². The summed E-state index contributed by atoms with van der Waals surface area (Å²) in [4.78, 5) is 11.4. The van der Waals surface area contributed by atoms with Gasteiger partial charge in [-0.1, -0.05) is 11.6 Å². The lowest BCUT2D eigenvalue weighted by Gasteiger charge is -2.15. The first-order valence-electron chi connectivity index (χ1n) is 5.84. The minimum absolute atomic E-state index is 0.0967. The van der Waals surface area contributed by atoms with E-state index in [1.807, 2.05) is 0 Å². The summed E-state index contributed by atoms with van der Waals surface area (Å²) < 4.78 is 36.4. The van der Waals surface area contributed by atoms with Crippen LogP contribution < -0.4 is 9.46 Å². The van der Waals surface area contributed by atoms with Crippen molar-refractivity contribution in [1.82, 2.24) is 4.72 Å². The van der Waals surface area contributed by atoms with Crippen molar-refractivity contribution in [1.29, 1.82) is 0 Å². The zero-order valence-corrected chi connectivity index (χ0v) is 12.9. The van der Waals surface area contributed by atoms with Gasteiger partial charge in [-0.3, -0.25) is 4.79 Å². The predicted molar refractivity (Wildman–Crippen MR) is 74.4 cm³/mol. The van der Waals surface area contributed by atoms with Gasteiger partial charge in [0.25, 0.3) is 0 Å². The number of methoxy groups -OCH3 is 1. The molecule has 0 radical (unpaired) electrons. The number of carbonyl (C=O) groups is 1. The van der Waals surface area contributed by atoms with E-state index >= 15 is 0 Å². The topological polar surface area (TPSA) is 81.7 Å². The van der Waals surface area contributed by atoms with Gasteiger partial charge < -0.3 is 9.47 Å². The van der Waals surface area contributed by atoms with E-state index < -0.39 is 22.0 Å². The third-order valence-electron chi connectivity index (χ3n) is 2.39. The van der Waals surface area contributed by atoms with Crippen LogP contribution in [0.4, 0.5) is 0 Å². The summed E-state index contributed by atoms with van der Waals surface area (Å²) >= 11 is 5.77. The molecule has 0 bridgehead atoms. The highest BCUT2D eigenvalue weighted by atomic mass is 35.5. The number of hydrogen-bond acceptors (Lipinski definition) is 5. The monoisotopic (exact) mass is 321 g/mol. The molecule has 112 valence electrons. The van der Waals surface area contributed by atoms with Crippen LogP contribution in [-0.2, 0) is 19.6 Å². The van der Waals surface area contributed by atoms with Crippen molar-refractivity contribution < 1.29 is 22.7 Å². The summed E-state index contributed by atoms with van der Waals surface area (Å²) in [6, 6.07) is 3.11. The Balaban J connectivity index is 3.03. The molecule has 8 heteroatoms. The molecule has 0 fully saturated rings. The molecule has 6 nitrogen and oxygen atoms in total. The number of ether oxygens (including phenoxy) is 2. The molecule has 20 heavy (non-hydrogen) atoms. The first-order chi connectivity index (χ1) is 9.31. The average molecular weight is 322 g/mol. The fourth-order valence-corrected chi connectivity index (χ4v) is 2.98. The Hall–Kier alpha value is -1.31. The Morgan fingerprint density at radius 2 is 2.10 bits per heavy atom. The zero-order chi connectivity index (χ0) is 15.3. The second-order valence-electron chi connectivity index (χ2n) is 3.89. The van der Waals surface area contributed by atoms with E-state index in [2.05, 4.69) is 4.72 Å². The lowest BCUT2D eigenvalue weighted by atomic mass is 10.3. The highest BCUT2D eigenvalue weighted by Crippen LogP contribution is 2.27. The average Bonchev–Trinajstić information content (AvgIpc) is 2.37. The van der Waals surface area contributed by atoms with E-state index in [-0.39, 0.29) is 17.3 Å². The molecule has 1 rings (SSSR count). The summed E-state index contributed by atoms with van der Waals surface area (Å²) in [7, 11) is -2.58. The second kappa shape index (κ2) is 6.92. The number of benzene rings is 1. The number of sulfonamides is 1. The van der Waals surface area contributed by atoms with Crippen LogP contribution in [0.1, 0.15) is 13.8 Å². The molecule has 0 aliphatic carbocycles. The van der Waals surface area contributed by atoms with Gasteiger partial charge in [0.2, 0.25) is 10.0 Å². The van der Waals surface area contributed by atoms with Crippen LogP contribution in [0, 0.1) is 0 Å². The van der Waals surface area contributed by atoms with Gasteiger partial charge in [0.05, 0.1) is 13.7 Å². The van der Waals surface area contributed by atoms with Crippen molar-refractivity contribution in [3.8, 4) is 5.75 Å². The number of nitrogens with one attached hydrogen (secondary N) is 1. The van der Waals surface area contributed by atoms with Gasteiger partial charge in [0.1, 0.15) is 16.7 Å². The van der Waals surface area contributed by atoms with Gasteiger partial charge >= 0.3 is 5.97 Å². The Morgan fingerprint density at radius 3 is 2.65 bits per heavy atom. The standard InChI is InChI=1S/C12H16ClNO5S/c1-4-19-12(15)8(2)14-20(16,17)11-6-5-9(13)7-10(11)18-3/h5-8,14H,4H2,1-3H3. The summed E-state index contributed by atoms with van der Waals surface area (Å²) in [5, 5.41) is 0.347. The minimum Gasteiger partial charge on any atom is -0.495 e. The van der Waals surface area contributed by atoms with Crippen molar-refractivity contribution in [3.05, 3.63) is 23.2 Å². The van der Waals surface area contributed by atoms with Crippen LogP contribution in [-0.4, -0.2) is 34.1 Å².